The molecular formula is C10H17NO2. The van der Waals surface area contributed by atoms with Crippen LogP contribution in [0.15, 0.2) is 11.3 Å². The fourth-order valence-corrected chi connectivity index (χ4v) is 1.43. The average Bonchev–Trinajstić information content (AvgIpc) is 2.49. The number of hydrogen-bond donors (Lipinski definition) is 0. The molecule has 3 heteroatoms. The number of likely N-dealkylation sites (N-methyl/N-ethyl adjacent to an activating group) is 1. The molecule has 0 N–H and O–H groups in total. The molecule has 0 spiro atoms. The third-order valence-electron chi connectivity index (χ3n) is 2.27. The van der Waals surface area contributed by atoms with Crippen LogP contribution in [0.1, 0.15) is 26.7 Å². The first-order valence-corrected chi connectivity index (χ1v) is 4.60. The summed E-state index contributed by atoms with van der Waals surface area (Å²) in [4.78, 5) is 13.1. The normalized spacial score (nSPS) is 25.4. The Hall–Kier alpha value is -0.990. The molecule has 1 aliphatic heterocycles. The number of amides is 1. The number of ether oxygens (including phenoxy) is 1. The molecular weight excluding hydrogens is 166 g/mol. The maximum Gasteiger partial charge on any atom is 0.252 e. The third-order valence-corrected chi connectivity index (χ3v) is 2.27. The van der Waals surface area contributed by atoms with Gasteiger partial charge in [0.05, 0.1) is 11.7 Å². The topological polar surface area (TPSA) is 29.5 Å². The first-order valence-electron chi connectivity index (χ1n) is 4.60. The number of rotatable bonds is 1. The molecule has 0 radical (unpaired) electrons. The lowest BCUT2D eigenvalue weighted by atomic mass is 10.1. The molecule has 1 rings (SSSR count). The molecule has 1 aliphatic rings. The van der Waals surface area contributed by atoms with Crippen LogP contribution in [-0.4, -0.2) is 31.0 Å². The van der Waals surface area contributed by atoms with Gasteiger partial charge in [-0.3, -0.25) is 4.79 Å². The van der Waals surface area contributed by atoms with Crippen molar-refractivity contribution < 1.29 is 9.53 Å². The van der Waals surface area contributed by atoms with Gasteiger partial charge in [-0.2, -0.15) is 0 Å². The summed E-state index contributed by atoms with van der Waals surface area (Å²) in [6.07, 6.45) is 2.18. The summed E-state index contributed by atoms with van der Waals surface area (Å²) in [6.45, 7) is 3.86. The molecule has 0 aromatic carbocycles. The Labute approximate surface area is 79.4 Å². The SMILES string of the molecule is C/C(C(=O)N(C)C)=C1/CCC(C)O1. The highest BCUT2D eigenvalue weighted by atomic mass is 16.5. The van der Waals surface area contributed by atoms with E-state index in [1.165, 1.54) is 0 Å². The van der Waals surface area contributed by atoms with Gasteiger partial charge in [-0.25, -0.2) is 0 Å². The Morgan fingerprint density at radius 1 is 1.54 bits per heavy atom. The average molecular weight is 183 g/mol. The van der Waals surface area contributed by atoms with E-state index in [0.29, 0.717) is 0 Å². The molecule has 1 amide bonds. The predicted molar refractivity (Wildman–Crippen MR) is 51.2 cm³/mol. The van der Waals surface area contributed by atoms with Crippen molar-refractivity contribution >= 4 is 5.91 Å². The van der Waals surface area contributed by atoms with Gasteiger partial charge in [-0.05, 0) is 20.3 Å². The van der Waals surface area contributed by atoms with E-state index in [9.17, 15) is 4.79 Å². The molecule has 1 unspecified atom stereocenters. The fraction of sp³-hybridized carbons (Fsp3) is 0.700. The standard InChI is InChI=1S/C10H17NO2/c1-7-5-6-9(13-7)8(2)10(12)11(3)4/h7H,5-6H2,1-4H3/b9-8+. The zero-order valence-corrected chi connectivity index (χ0v) is 8.76. The number of allylic oxidation sites excluding steroid dienone is 1. The molecule has 3 nitrogen and oxygen atoms in total. The van der Waals surface area contributed by atoms with E-state index in [1.807, 2.05) is 13.8 Å². The third kappa shape index (κ3) is 2.23. The second kappa shape index (κ2) is 3.81. The highest BCUT2D eigenvalue weighted by Crippen LogP contribution is 2.25. The molecule has 1 fully saturated rings. The molecule has 0 aromatic rings. The number of carbonyl (C=O) groups excluding carboxylic acids is 1. The molecule has 13 heavy (non-hydrogen) atoms. The lowest BCUT2D eigenvalue weighted by Gasteiger charge is -2.12. The van der Waals surface area contributed by atoms with Crippen molar-refractivity contribution in [3.63, 3.8) is 0 Å². The van der Waals surface area contributed by atoms with Crippen LogP contribution < -0.4 is 0 Å². The van der Waals surface area contributed by atoms with E-state index in [0.717, 1.165) is 24.2 Å². The van der Waals surface area contributed by atoms with E-state index < -0.39 is 0 Å². The first kappa shape index (κ1) is 10.1. The van der Waals surface area contributed by atoms with Crippen LogP contribution in [0.5, 0.6) is 0 Å². The van der Waals surface area contributed by atoms with Crippen molar-refractivity contribution in [2.24, 2.45) is 0 Å². The lowest BCUT2D eigenvalue weighted by molar-refractivity contribution is -0.124. The van der Waals surface area contributed by atoms with Crippen LogP contribution in [0, 0.1) is 0 Å². The van der Waals surface area contributed by atoms with Gasteiger partial charge in [0.2, 0.25) is 0 Å². The highest BCUT2D eigenvalue weighted by Gasteiger charge is 2.21. The van der Waals surface area contributed by atoms with Crippen LogP contribution in [0.2, 0.25) is 0 Å². The zero-order valence-electron chi connectivity index (χ0n) is 8.76. The highest BCUT2D eigenvalue weighted by molar-refractivity contribution is 5.92. The Morgan fingerprint density at radius 2 is 2.15 bits per heavy atom. The molecule has 0 bridgehead atoms. The van der Waals surface area contributed by atoms with Crippen molar-refractivity contribution in [3.8, 4) is 0 Å². The summed E-state index contributed by atoms with van der Waals surface area (Å²) in [5.74, 6) is 0.912. The molecule has 0 aliphatic carbocycles. The molecule has 1 atom stereocenters. The Balaban J connectivity index is 2.75. The summed E-state index contributed by atoms with van der Waals surface area (Å²) in [7, 11) is 3.51. The van der Waals surface area contributed by atoms with E-state index in [2.05, 4.69) is 0 Å². The minimum Gasteiger partial charge on any atom is -0.495 e. The molecule has 0 saturated carbocycles. The summed E-state index contributed by atoms with van der Waals surface area (Å²) in [5.41, 5.74) is 0.745. The summed E-state index contributed by atoms with van der Waals surface area (Å²) in [5, 5.41) is 0. The van der Waals surface area contributed by atoms with Crippen LogP contribution >= 0.6 is 0 Å². The molecule has 1 saturated heterocycles. The number of nitrogens with zero attached hydrogens (tertiary/aromatic N) is 1. The largest absolute Gasteiger partial charge is 0.495 e. The van der Waals surface area contributed by atoms with E-state index in [1.54, 1.807) is 19.0 Å². The maximum absolute atomic E-state index is 11.5. The van der Waals surface area contributed by atoms with Crippen LogP contribution in [0.25, 0.3) is 0 Å². The van der Waals surface area contributed by atoms with Crippen molar-refractivity contribution in [2.75, 3.05) is 14.1 Å². The zero-order chi connectivity index (χ0) is 10.0. The lowest BCUT2D eigenvalue weighted by Crippen LogP contribution is -2.23. The van der Waals surface area contributed by atoms with E-state index in [4.69, 9.17) is 4.74 Å². The minimum absolute atomic E-state index is 0.0455. The van der Waals surface area contributed by atoms with Crippen LogP contribution in [0.3, 0.4) is 0 Å². The van der Waals surface area contributed by atoms with Gasteiger partial charge in [-0.1, -0.05) is 0 Å². The van der Waals surface area contributed by atoms with Gasteiger partial charge in [0.25, 0.3) is 5.91 Å². The predicted octanol–water partition coefficient (Wildman–Crippen LogP) is 1.55. The number of carbonyl (C=O) groups is 1. The Morgan fingerprint density at radius 3 is 2.54 bits per heavy atom. The van der Waals surface area contributed by atoms with Gasteiger partial charge in [0, 0.05) is 20.5 Å². The summed E-state index contributed by atoms with van der Waals surface area (Å²) < 4.78 is 5.53. The Bertz CT molecular complexity index is 243. The number of hydrogen-bond acceptors (Lipinski definition) is 2. The van der Waals surface area contributed by atoms with Gasteiger partial charge in [0.15, 0.2) is 0 Å². The summed E-state index contributed by atoms with van der Waals surface area (Å²) in [6, 6.07) is 0. The van der Waals surface area contributed by atoms with E-state index >= 15 is 0 Å². The van der Waals surface area contributed by atoms with E-state index in [-0.39, 0.29) is 12.0 Å². The van der Waals surface area contributed by atoms with Gasteiger partial charge in [0.1, 0.15) is 5.76 Å². The minimum atomic E-state index is 0.0455. The quantitative estimate of drug-likeness (QED) is 0.577. The van der Waals surface area contributed by atoms with Gasteiger partial charge in [-0.15, -0.1) is 0 Å². The first-order chi connectivity index (χ1) is 6.02. The van der Waals surface area contributed by atoms with Crippen molar-refractivity contribution in [3.05, 3.63) is 11.3 Å². The van der Waals surface area contributed by atoms with Crippen LogP contribution in [0.4, 0.5) is 0 Å². The maximum atomic E-state index is 11.5. The second-order valence-corrected chi connectivity index (χ2v) is 3.71. The van der Waals surface area contributed by atoms with Gasteiger partial charge >= 0.3 is 0 Å². The van der Waals surface area contributed by atoms with Crippen molar-refractivity contribution in [2.45, 2.75) is 32.8 Å². The van der Waals surface area contributed by atoms with Gasteiger partial charge < -0.3 is 9.64 Å². The smallest absolute Gasteiger partial charge is 0.252 e. The molecule has 1 heterocycles. The Kier molecular flexibility index (Phi) is 2.96. The molecule has 74 valence electrons. The summed E-state index contributed by atoms with van der Waals surface area (Å²) >= 11 is 0. The molecule has 0 aromatic heterocycles. The monoisotopic (exact) mass is 183 g/mol. The van der Waals surface area contributed by atoms with Crippen molar-refractivity contribution in [1.82, 2.24) is 4.90 Å². The van der Waals surface area contributed by atoms with Crippen LogP contribution in [-0.2, 0) is 9.53 Å². The fourth-order valence-electron chi connectivity index (χ4n) is 1.43. The second-order valence-electron chi connectivity index (χ2n) is 3.71. The van der Waals surface area contributed by atoms with Crippen molar-refractivity contribution in [1.29, 1.82) is 0 Å².